The molecule has 0 aliphatic heterocycles. The Morgan fingerprint density at radius 1 is 1.07 bits per heavy atom. The lowest BCUT2D eigenvalue weighted by molar-refractivity contribution is 0.0421. The van der Waals surface area contributed by atoms with E-state index in [4.69, 9.17) is 25.3 Å². The van der Waals surface area contributed by atoms with Crippen molar-refractivity contribution >= 4 is 17.6 Å². The fraction of sp³-hybridized carbons (Fsp3) is 0.100. The molecule has 0 saturated heterocycles. The maximum Gasteiger partial charge on any atom is 0.361 e. The standard InChI is InChI=1S/C20H14ClN3O4/c1-12-17(23-19(27-12)13-7-3-2-4-8-13)20(25)26-11-16-22-18(24-28-16)14-9-5-6-10-15(14)21/h2-10H,11H2,1H3. The van der Waals surface area contributed by atoms with Crippen LogP contribution in [0.5, 0.6) is 0 Å². The first-order chi connectivity index (χ1) is 13.6. The van der Waals surface area contributed by atoms with E-state index >= 15 is 0 Å². The third-order valence-electron chi connectivity index (χ3n) is 3.92. The van der Waals surface area contributed by atoms with Crippen LogP contribution in [0.25, 0.3) is 22.8 Å². The number of ether oxygens (including phenoxy) is 1. The Bertz CT molecular complexity index is 1120. The fourth-order valence-electron chi connectivity index (χ4n) is 2.55. The number of carbonyl (C=O) groups excluding carboxylic acids is 1. The first-order valence-electron chi connectivity index (χ1n) is 8.39. The summed E-state index contributed by atoms with van der Waals surface area (Å²) in [4.78, 5) is 20.8. The molecule has 2 heterocycles. The van der Waals surface area contributed by atoms with E-state index in [1.807, 2.05) is 36.4 Å². The number of nitrogens with zero attached hydrogens (tertiary/aromatic N) is 3. The first kappa shape index (κ1) is 17.9. The number of oxazole rings is 1. The summed E-state index contributed by atoms with van der Waals surface area (Å²) < 4.78 is 15.9. The van der Waals surface area contributed by atoms with Crippen LogP contribution in [-0.2, 0) is 11.3 Å². The van der Waals surface area contributed by atoms with E-state index in [9.17, 15) is 4.79 Å². The van der Waals surface area contributed by atoms with Gasteiger partial charge >= 0.3 is 5.97 Å². The topological polar surface area (TPSA) is 91.2 Å². The Balaban J connectivity index is 1.46. The van der Waals surface area contributed by atoms with Gasteiger partial charge in [0.05, 0.1) is 5.02 Å². The minimum Gasteiger partial charge on any atom is -0.451 e. The normalized spacial score (nSPS) is 10.8. The van der Waals surface area contributed by atoms with E-state index in [1.165, 1.54) is 0 Å². The van der Waals surface area contributed by atoms with Crippen molar-refractivity contribution in [2.75, 3.05) is 0 Å². The van der Waals surface area contributed by atoms with Gasteiger partial charge in [0, 0.05) is 11.1 Å². The molecule has 0 unspecified atom stereocenters. The summed E-state index contributed by atoms with van der Waals surface area (Å²) >= 11 is 6.12. The number of benzene rings is 2. The third-order valence-corrected chi connectivity index (χ3v) is 4.25. The van der Waals surface area contributed by atoms with Crippen molar-refractivity contribution in [3.8, 4) is 22.8 Å². The van der Waals surface area contributed by atoms with Crippen LogP contribution >= 0.6 is 11.6 Å². The molecule has 7 nitrogen and oxygen atoms in total. The smallest absolute Gasteiger partial charge is 0.361 e. The second-order valence-electron chi connectivity index (χ2n) is 5.86. The average Bonchev–Trinajstić information content (AvgIpc) is 3.34. The van der Waals surface area contributed by atoms with Gasteiger partial charge in [0.25, 0.3) is 5.89 Å². The fourth-order valence-corrected chi connectivity index (χ4v) is 2.77. The highest BCUT2D eigenvalue weighted by Gasteiger charge is 2.21. The third kappa shape index (κ3) is 3.65. The van der Waals surface area contributed by atoms with Crippen LogP contribution in [0.4, 0.5) is 0 Å². The largest absolute Gasteiger partial charge is 0.451 e. The Morgan fingerprint density at radius 3 is 2.61 bits per heavy atom. The molecule has 2 aromatic heterocycles. The maximum atomic E-state index is 12.4. The lowest BCUT2D eigenvalue weighted by atomic mass is 10.2. The van der Waals surface area contributed by atoms with Crippen LogP contribution < -0.4 is 0 Å². The van der Waals surface area contributed by atoms with Crippen molar-refractivity contribution in [2.45, 2.75) is 13.5 Å². The molecule has 0 spiro atoms. The maximum absolute atomic E-state index is 12.4. The molecule has 8 heteroatoms. The summed E-state index contributed by atoms with van der Waals surface area (Å²) in [5.74, 6) is 0.546. The molecule has 0 atom stereocenters. The van der Waals surface area contributed by atoms with Gasteiger partial charge in [0.2, 0.25) is 11.7 Å². The Morgan fingerprint density at radius 2 is 1.82 bits per heavy atom. The van der Waals surface area contributed by atoms with Crippen molar-refractivity contribution in [3.63, 3.8) is 0 Å². The van der Waals surface area contributed by atoms with Gasteiger partial charge in [-0.15, -0.1) is 0 Å². The Labute approximate surface area is 164 Å². The molecule has 2 aromatic carbocycles. The van der Waals surface area contributed by atoms with E-state index in [0.29, 0.717) is 28.1 Å². The highest BCUT2D eigenvalue weighted by Crippen LogP contribution is 2.25. The van der Waals surface area contributed by atoms with Crippen LogP contribution in [0.15, 0.2) is 63.5 Å². The molecular formula is C20H14ClN3O4. The lowest BCUT2D eigenvalue weighted by Crippen LogP contribution is -2.07. The summed E-state index contributed by atoms with van der Waals surface area (Å²) in [6.45, 7) is 1.46. The SMILES string of the molecule is Cc1oc(-c2ccccc2)nc1C(=O)OCc1nc(-c2ccccc2Cl)no1. The van der Waals surface area contributed by atoms with Crippen molar-refractivity contribution in [1.29, 1.82) is 0 Å². The molecule has 0 fully saturated rings. The number of halogens is 1. The number of esters is 1. The number of aryl methyl sites for hydroxylation is 1. The second kappa shape index (κ2) is 7.66. The van der Waals surface area contributed by atoms with E-state index < -0.39 is 5.97 Å². The number of hydrogen-bond donors (Lipinski definition) is 0. The molecule has 4 rings (SSSR count). The second-order valence-corrected chi connectivity index (χ2v) is 6.26. The molecule has 0 amide bonds. The molecular weight excluding hydrogens is 382 g/mol. The van der Waals surface area contributed by atoms with Gasteiger partial charge < -0.3 is 13.7 Å². The summed E-state index contributed by atoms with van der Waals surface area (Å²) in [7, 11) is 0. The predicted molar refractivity (Wildman–Crippen MR) is 101 cm³/mol. The van der Waals surface area contributed by atoms with E-state index in [-0.39, 0.29) is 18.2 Å². The molecule has 0 bridgehead atoms. The van der Waals surface area contributed by atoms with E-state index in [0.717, 1.165) is 5.56 Å². The highest BCUT2D eigenvalue weighted by molar-refractivity contribution is 6.33. The van der Waals surface area contributed by atoms with Gasteiger partial charge in [0.15, 0.2) is 12.3 Å². The van der Waals surface area contributed by atoms with E-state index in [2.05, 4.69) is 15.1 Å². The van der Waals surface area contributed by atoms with Gasteiger partial charge in [-0.1, -0.05) is 47.1 Å². The Hall–Kier alpha value is -3.45. The number of aromatic nitrogens is 3. The first-order valence-corrected chi connectivity index (χ1v) is 8.77. The lowest BCUT2D eigenvalue weighted by Gasteiger charge is -1.99. The molecule has 140 valence electrons. The van der Waals surface area contributed by atoms with E-state index in [1.54, 1.807) is 25.1 Å². The zero-order valence-corrected chi connectivity index (χ0v) is 15.5. The highest BCUT2D eigenvalue weighted by atomic mass is 35.5. The quantitative estimate of drug-likeness (QED) is 0.452. The number of rotatable bonds is 5. The summed E-state index contributed by atoms with van der Waals surface area (Å²) in [5.41, 5.74) is 1.50. The summed E-state index contributed by atoms with van der Waals surface area (Å²) in [6, 6.07) is 16.4. The Kier molecular flexibility index (Phi) is 4.90. The van der Waals surface area contributed by atoms with Crippen LogP contribution in [0.3, 0.4) is 0 Å². The van der Waals surface area contributed by atoms with Gasteiger partial charge in [0.1, 0.15) is 5.76 Å². The van der Waals surface area contributed by atoms with Crippen LogP contribution in [0.2, 0.25) is 5.02 Å². The molecule has 4 aromatic rings. The minimum absolute atomic E-state index is 0.102. The van der Waals surface area contributed by atoms with Crippen molar-refractivity contribution in [1.82, 2.24) is 15.1 Å². The minimum atomic E-state index is -0.638. The zero-order valence-electron chi connectivity index (χ0n) is 14.8. The van der Waals surface area contributed by atoms with Gasteiger partial charge in [-0.25, -0.2) is 9.78 Å². The van der Waals surface area contributed by atoms with Crippen LogP contribution in [0, 0.1) is 6.92 Å². The van der Waals surface area contributed by atoms with Crippen molar-refractivity contribution < 1.29 is 18.5 Å². The van der Waals surface area contributed by atoms with Crippen molar-refractivity contribution in [3.05, 3.63) is 77.0 Å². The monoisotopic (exact) mass is 395 g/mol. The zero-order chi connectivity index (χ0) is 19.5. The summed E-state index contributed by atoms with van der Waals surface area (Å²) in [5, 5.41) is 4.36. The summed E-state index contributed by atoms with van der Waals surface area (Å²) in [6.07, 6.45) is 0. The molecule has 0 saturated carbocycles. The van der Waals surface area contributed by atoms with Crippen LogP contribution in [0.1, 0.15) is 22.1 Å². The number of hydrogen-bond acceptors (Lipinski definition) is 7. The molecule has 0 radical (unpaired) electrons. The van der Waals surface area contributed by atoms with Gasteiger partial charge in [-0.05, 0) is 31.2 Å². The molecule has 28 heavy (non-hydrogen) atoms. The average molecular weight is 396 g/mol. The van der Waals surface area contributed by atoms with Gasteiger partial charge in [-0.2, -0.15) is 4.98 Å². The molecule has 0 N–H and O–H groups in total. The predicted octanol–water partition coefficient (Wildman–Crippen LogP) is 4.71. The van der Waals surface area contributed by atoms with Crippen LogP contribution in [-0.4, -0.2) is 21.1 Å². The van der Waals surface area contributed by atoms with Gasteiger partial charge in [-0.3, -0.25) is 0 Å². The molecule has 0 aliphatic carbocycles. The molecule has 0 aliphatic rings. The number of carbonyl (C=O) groups is 1. The van der Waals surface area contributed by atoms with Crippen molar-refractivity contribution in [2.24, 2.45) is 0 Å².